The zero-order chi connectivity index (χ0) is 44.9. The van der Waals surface area contributed by atoms with E-state index in [-0.39, 0.29) is 48.2 Å². The van der Waals surface area contributed by atoms with Crippen LogP contribution < -0.4 is 29.6 Å². The summed E-state index contributed by atoms with van der Waals surface area (Å²) in [5.74, 6) is -4.42. The Bertz CT molecular complexity index is 2250. The molecule has 3 N–H and O–H groups in total. The molecule has 4 heterocycles. The van der Waals surface area contributed by atoms with Gasteiger partial charge in [-0.25, -0.2) is 17.6 Å². The van der Waals surface area contributed by atoms with Gasteiger partial charge in [0.15, 0.2) is 11.6 Å². The van der Waals surface area contributed by atoms with Crippen LogP contribution in [-0.4, -0.2) is 103 Å². The van der Waals surface area contributed by atoms with E-state index >= 15 is 9.18 Å². The largest absolute Gasteiger partial charge is 0.494 e. The number of methoxy groups -OCH3 is 1. The number of carbonyl (C=O) groups is 4. The first-order valence-corrected chi connectivity index (χ1v) is 22.6. The molecule has 1 aromatic carbocycles. The van der Waals surface area contributed by atoms with Crippen LogP contribution in [0.2, 0.25) is 0 Å². The summed E-state index contributed by atoms with van der Waals surface area (Å²) in [5.41, 5.74) is -3.90. The van der Waals surface area contributed by atoms with Gasteiger partial charge in [0.05, 0.1) is 25.5 Å². The standard InChI is InChI=1S/C42H53F4N5O10S/c1-6-23-16-22(2)10-7-8-11-24-20-41(24,38(54)50-62(56,57)26-13-14-26)49-34(52)31-17-25(21-51(31)37(53)33(23)47-39(55)61-40(3,4)42(44,45)46)60-36-29-18-30(43)32(58-5)19-28(29)27-12-9-15-59-35(27)48-36/h8,11,18-19,22-26,31,33H,6-7,9-10,12-17,20-21H2,1-5H3,(H,47,55)(H,49,52)(H,50,54). The van der Waals surface area contributed by atoms with Gasteiger partial charge in [0, 0.05) is 23.3 Å². The first-order chi connectivity index (χ1) is 29.2. The summed E-state index contributed by atoms with van der Waals surface area (Å²) < 4.78 is 107. The number of benzene rings is 1. The van der Waals surface area contributed by atoms with Gasteiger partial charge < -0.3 is 34.5 Å². The van der Waals surface area contributed by atoms with Crippen molar-refractivity contribution < 1.29 is 64.1 Å². The minimum absolute atomic E-state index is 0.0249. The van der Waals surface area contributed by atoms with Crippen molar-refractivity contribution in [2.75, 3.05) is 20.3 Å². The summed E-state index contributed by atoms with van der Waals surface area (Å²) in [5, 5.41) is 5.27. The molecule has 1 aromatic heterocycles. The number of alkyl carbamates (subject to hydrolysis) is 1. The number of hydrogen-bond acceptors (Lipinski definition) is 11. The minimum Gasteiger partial charge on any atom is -0.494 e. The number of aryl methyl sites for hydroxylation is 1. The van der Waals surface area contributed by atoms with E-state index in [4.69, 9.17) is 18.9 Å². The quantitative estimate of drug-likeness (QED) is 0.217. The van der Waals surface area contributed by atoms with Crippen LogP contribution in [0, 0.1) is 23.6 Å². The lowest BCUT2D eigenvalue weighted by Gasteiger charge is -2.35. The molecule has 4 amide bonds. The Labute approximate surface area is 357 Å². The second-order valence-electron chi connectivity index (χ2n) is 17.6. The molecule has 15 nitrogen and oxygen atoms in total. The average Bonchev–Trinajstić information content (AvgIpc) is 4.13. The second-order valence-corrected chi connectivity index (χ2v) is 19.6. The van der Waals surface area contributed by atoms with Crippen LogP contribution in [0.3, 0.4) is 0 Å². The summed E-state index contributed by atoms with van der Waals surface area (Å²) in [7, 11) is -2.69. The number of aromatic nitrogens is 1. The molecule has 20 heteroatoms. The van der Waals surface area contributed by atoms with E-state index < -0.39 is 92.2 Å². The van der Waals surface area contributed by atoms with Crippen LogP contribution in [0.5, 0.6) is 17.5 Å². The number of ether oxygens (including phenoxy) is 4. The van der Waals surface area contributed by atoms with Crippen LogP contribution in [0.15, 0.2) is 24.3 Å². The van der Waals surface area contributed by atoms with Gasteiger partial charge in [0.25, 0.3) is 5.91 Å². The Morgan fingerprint density at radius 3 is 2.53 bits per heavy atom. The summed E-state index contributed by atoms with van der Waals surface area (Å²) in [4.78, 5) is 62.6. The lowest BCUT2D eigenvalue weighted by molar-refractivity contribution is -0.244. The van der Waals surface area contributed by atoms with Crippen molar-refractivity contribution in [2.45, 2.75) is 133 Å². The molecule has 0 spiro atoms. The third kappa shape index (κ3) is 9.11. The molecule has 3 aliphatic heterocycles. The fourth-order valence-corrected chi connectivity index (χ4v) is 10.0. The molecule has 2 aromatic rings. The zero-order valence-corrected chi connectivity index (χ0v) is 36.0. The van der Waals surface area contributed by atoms with Gasteiger partial charge in [-0.2, -0.15) is 18.2 Å². The number of halogens is 4. The highest BCUT2D eigenvalue weighted by molar-refractivity contribution is 7.91. The molecule has 5 aliphatic rings. The van der Waals surface area contributed by atoms with Crippen molar-refractivity contribution in [1.82, 2.24) is 25.2 Å². The van der Waals surface area contributed by atoms with Gasteiger partial charge >= 0.3 is 12.3 Å². The molecule has 62 heavy (non-hydrogen) atoms. The van der Waals surface area contributed by atoms with Crippen LogP contribution in [0.4, 0.5) is 22.4 Å². The van der Waals surface area contributed by atoms with Crippen LogP contribution in [0.25, 0.3) is 10.8 Å². The molecule has 7 rings (SSSR count). The van der Waals surface area contributed by atoms with E-state index in [0.29, 0.717) is 82.8 Å². The summed E-state index contributed by atoms with van der Waals surface area (Å²) in [6.07, 6.45) is -0.219. The third-order valence-corrected chi connectivity index (χ3v) is 14.5. The number of amides is 4. The van der Waals surface area contributed by atoms with Crippen LogP contribution in [-0.2, 0) is 35.6 Å². The van der Waals surface area contributed by atoms with Gasteiger partial charge in [-0.15, -0.1) is 0 Å². The van der Waals surface area contributed by atoms with Gasteiger partial charge in [0.1, 0.15) is 23.7 Å². The molecule has 340 valence electrons. The van der Waals surface area contributed by atoms with E-state index in [0.717, 1.165) is 4.90 Å². The monoisotopic (exact) mass is 895 g/mol. The number of pyridine rings is 1. The van der Waals surface area contributed by atoms with Gasteiger partial charge in [-0.05, 0) is 94.6 Å². The van der Waals surface area contributed by atoms with Crippen LogP contribution >= 0.6 is 0 Å². The molecule has 2 aliphatic carbocycles. The predicted octanol–water partition coefficient (Wildman–Crippen LogP) is 5.38. The van der Waals surface area contributed by atoms with E-state index in [1.165, 1.54) is 19.2 Å². The Hall–Kier alpha value is -4.88. The first-order valence-electron chi connectivity index (χ1n) is 21.1. The number of hydrogen-bond donors (Lipinski definition) is 3. The maximum atomic E-state index is 15.3. The first kappa shape index (κ1) is 45.2. The fraction of sp³-hybridized carbons (Fsp3) is 0.643. The lowest BCUT2D eigenvalue weighted by Crippen LogP contribution is -2.59. The van der Waals surface area contributed by atoms with E-state index in [2.05, 4.69) is 20.3 Å². The normalized spacial score (nSPS) is 28.2. The lowest BCUT2D eigenvalue weighted by atomic mass is 9.85. The highest BCUT2D eigenvalue weighted by Crippen LogP contribution is 2.47. The fourth-order valence-electron chi connectivity index (χ4n) is 8.66. The highest BCUT2D eigenvalue weighted by Gasteiger charge is 2.62. The highest BCUT2D eigenvalue weighted by atomic mass is 32.2. The Kier molecular flexibility index (Phi) is 12.4. The Morgan fingerprint density at radius 2 is 1.85 bits per heavy atom. The van der Waals surface area contributed by atoms with Gasteiger partial charge in [-0.3, -0.25) is 19.1 Å². The smallest absolute Gasteiger partial charge is 0.427 e. The van der Waals surface area contributed by atoms with Crippen molar-refractivity contribution in [2.24, 2.45) is 17.8 Å². The number of alkyl halides is 3. The maximum absolute atomic E-state index is 15.3. The number of fused-ring (bicyclic) bond motifs is 5. The predicted molar refractivity (Wildman–Crippen MR) is 215 cm³/mol. The zero-order valence-electron chi connectivity index (χ0n) is 35.2. The molecule has 0 bridgehead atoms. The summed E-state index contributed by atoms with van der Waals surface area (Å²) >= 11 is 0. The van der Waals surface area contributed by atoms with Gasteiger partial charge in [0.2, 0.25) is 39.2 Å². The topological polar surface area (TPSA) is 192 Å². The molecule has 3 fully saturated rings. The molecule has 7 atom stereocenters. The number of carbonyl (C=O) groups excluding carboxylic acids is 4. The van der Waals surface area contributed by atoms with Gasteiger partial charge in [-0.1, -0.05) is 32.4 Å². The SMILES string of the molecule is CCC1CC(C)CCC=CC2CC2(C(=O)NS(=O)(=O)C2CC2)NC(=O)C2CC(Oc3nc4c(c5cc(OC)c(F)cc35)CCCO4)CN2C(=O)C1NC(=O)OC(C)(C)C(F)(F)F. The molecule has 7 unspecified atom stereocenters. The number of nitrogens with zero attached hydrogens (tertiary/aromatic N) is 2. The molecule has 1 saturated heterocycles. The van der Waals surface area contributed by atoms with E-state index in [1.807, 2.05) is 13.0 Å². The molecule has 0 radical (unpaired) electrons. The van der Waals surface area contributed by atoms with Crippen molar-refractivity contribution in [3.63, 3.8) is 0 Å². The maximum Gasteiger partial charge on any atom is 0.427 e. The molecular formula is C42H53F4N5O10S. The van der Waals surface area contributed by atoms with Crippen LogP contribution in [0.1, 0.15) is 91.0 Å². The number of rotatable bonds is 9. The number of nitrogens with one attached hydrogen (secondary N) is 3. The second kappa shape index (κ2) is 17.0. The summed E-state index contributed by atoms with van der Waals surface area (Å²) in [6.45, 7) is 5.11. The van der Waals surface area contributed by atoms with Crippen molar-refractivity contribution in [3.05, 3.63) is 35.7 Å². The third-order valence-electron chi connectivity index (χ3n) is 12.7. The van der Waals surface area contributed by atoms with E-state index in [1.54, 1.807) is 13.0 Å². The summed E-state index contributed by atoms with van der Waals surface area (Å²) in [6, 6.07) is -0.178. The number of allylic oxidation sites excluding steroid dienone is 1. The van der Waals surface area contributed by atoms with Crippen molar-refractivity contribution >= 4 is 44.6 Å². The average molecular weight is 896 g/mol. The molecule has 2 saturated carbocycles. The minimum atomic E-state index is -4.94. The molecular weight excluding hydrogens is 843 g/mol. The van der Waals surface area contributed by atoms with Crippen molar-refractivity contribution in [3.8, 4) is 17.5 Å². The Morgan fingerprint density at radius 1 is 1.11 bits per heavy atom. The van der Waals surface area contributed by atoms with E-state index in [9.17, 15) is 36.0 Å². The van der Waals surface area contributed by atoms with Crippen molar-refractivity contribution in [1.29, 1.82) is 0 Å². The number of sulfonamides is 1. The Balaban J connectivity index is 1.27.